The van der Waals surface area contributed by atoms with Crippen LogP contribution in [0.4, 0.5) is 0 Å². The molecule has 6 heteroatoms. The molecule has 3 rings (SSSR count). The van der Waals surface area contributed by atoms with Gasteiger partial charge in [-0.05, 0) is 43.9 Å². The number of methoxy groups -OCH3 is 1. The van der Waals surface area contributed by atoms with Gasteiger partial charge >= 0.3 is 5.97 Å². The van der Waals surface area contributed by atoms with E-state index in [2.05, 4.69) is 11.1 Å². The Morgan fingerprint density at radius 3 is 2.84 bits per heavy atom. The second-order valence-electron chi connectivity index (χ2n) is 6.05. The molecule has 0 radical (unpaired) electrons. The first kappa shape index (κ1) is 17.6. The predicted molar refractivity (Wildman–Crippen MR) is 96.7 cm³/mol. The maximum atomic E-state index is 12.1. The fraction of sp³-hybridized carbons (Fsp3) is 0.421. The number of aromatic nitrogens is 1. The molecule has 0 N–H and O–H groups in total. The highest BCUT2D eigenvalue weighted by Gasteiger charge is 2.18. The smallest absolute Gasteiger partial charge is 0.316 e. The summed E-state index contributed by atoms with van der Waals surface area (Å²) in [7, 11) is 1.60. The van der Waals surface area contributed by atoms with Crippen LogP contribution in [-0.4, -0.2) is 29.9 Å². The molecule has 25 heavy (non-hydrogen) atoms. The van der Waals surface area contributed by atoms with Crippen LogP contribution in [-0.2, 0) is 9.53 Å². The first-order valence-corrected chi connectivity index (χ1v) is 9.39. The molecule has 1 aliphatic rings. The number of benzene rings is 1. The van der Waals surface area contributed by atoms with Crippen molar-refractivity contribution in [3.8, 4) is 11.8 Å². The number of thioether (sulfide) groups is 1. The largest absolute Gasteiger partial charge is 0.497 e. The molecule has 1 aromatic carbocycles. The van der Waals surface area contributed by atoms with Gasteiger partial charge in [0.05, 0.1) is 23.9 Å². The van der Waals surface area contributed by atoms with Crippen molar-refractivity contribution in [2.75, 3.05) is 12.9 Å². The van der Waals surface area contributed by atoms with Gasteiger partial charge in [0, 0.05) is 11.5 Å². The number of ether oxygens (including phenoxy) is 2. The SMILES string of the molecule is COc1ccc2cc(C#N)c(SCC(=O)OC3CCCCC3)nc2c1. The molecular weight excluding hydrogens is 336 g/mol. The second-order valence-corrected chi connectivity index (χ2v) is 7.01. The average molecular weight is 356 g/mol. The third-order valence-electron chi connectivity index (χ3n) is 4.29. The number of rotatable bonds is 5. The lowest BCUT2D eigenvalue weighted by atomic mass is 9.98. The zero-order valence-electron chi connectivity index (χ0n) is 14.2. The maximum Gasteiger partial charge on any atom is 0.316 e. The van der Waals surface area contributed by atoms with E-state index < -0.39 is 0 Å². The number of carbonyl (C=O) groups is 1. The highest BCUT2D eigenvalue weighted by Crippen LogP contribution is 2.27. The van der Waals surface area contributed by atoms with Crippen LogP contribution in [0.15, 0.2) is 29.3 Å². The highest BCUT2D eigenvalue weighted by molar-refractivity contribution is 7.99. The lowest BCUT2D eigenvalue weighted by molar-refractivity contribution is -0.147. The fourth-order valence-corrected chi connectivity index (χ4v) is 3.72. The number of esters is 1. The molecule has 2 aromatic rings. The quantitative estimate of drug-likeness (QED) is 0.594. The summed E-state index contributed by atoms with van der Waals surface area (Å²) in [5.41, 5.74) is 1.20. The Kier molecular flexibility index (Phi) is 5.77. The Morgan fingerprint density at radius 2 is 2.12 bits per heavy atom. The Hall–Kier alpha value is -2.26. The summed E-state index contributed by atoms with van der Waals surface area (Å²) in [6.07, 6.45) is 5.42. The molecule has 1 saturated carbocycles. The van der Waals surface area contributed by atoms with Gasteiger partial charge in [0.1, 0.15) is 22.9 Å². The maximum absolute atomic E-state index is 12.1. The van der Waals surface area contributed by atoms with Crippen molar-refractivity contribution in [1.29, 1.82) is 5.26 Å². The van der Waals surface area contributed by atoms with Crippen molar-refractivity contribution in [3.05, 3.63) is 29.8 Å². The Balaban J connectivity index is 1.71. The molecule has 0 aliphatic heterocycles. The second kappa shape index (κ2) is 8.21. The molecule has 0 atom stereocenters. The summed E-state index contributed by atoms with van der Waals surface area (Å²) in [4.78, 5) is 16.6. The summed E-state index contributed by atoms with van der Waals surface area (Å²) in [6.45, 7) is 0. The molecule has 1 aliphatic carbocycles. The van der Waals surface area contributed by atoms with Gasteiger partial charge in [-0.2, -0.15) is 5.26 Å². The van der Waals surface area contributed by atoms with E-state index in [0.29, 0.717) is 16.3 Å². The standard InChI is InChI=1S/C19H20N2O3S/c1-23-16-8-7-13-9-14(11-20)19(21-17(13)10-16)25-12-18(22)24-15-5-3-2-4-6-15/h7-10,15H,2-6,12H2,1H3. The number of fused-ring (bicyclic) bond motifs is 1. The number of carbonyl (C=O) groups excluding carboxylic acids is 1. The molecule has 0 bridgehead atoms. The normalized spacial score (nSPS) is 14.9. The molecule has 5 nitrogen and oxygen atoms in total. The van der Waals surface area contributed by atoms with E-state index in [1.54, 1.807) is 13.2 Å². The van der Waals surface area contributed by atoms with Gasteiger partial charge in [0.25, 0.3) is 0 Å². The number of nitriles is 1. The van der Waals surface area contributed by atoms with E-state index in [0.717, 1.165) is 36.6 Å². The van der Waals surface area contributed by atoms with Crippen LogP contribution in [0.1, 0.15) is 37.7 Å². The fourth-order valence-electron chi connectivity index (χ4n) is 2.98. The first-order chi connectivity index (χ1) is 12.2. The minimum atomic E-state index is -0.242. The van der Waals surface area contributed by atoms with Crippen molar-refractivity contribution < 1.29 is 14.3 Å². The zero-order chi connectivity index (χ0) is 17.6. The molecule has 1 aromatic heterocycles. The van der Waals surface area contributed by atoms with Crippen molar-refractivity contribution in [2.45, 2.75) is 43.2 Å². The lowest BCUT2D eigenvalue weighted by Gasteiger charge is -2.21. The zero-order valence-corrected chi connectivity index (χ0v) is 15.0. The topological polar surface area (TPSA) is 72.2 Å². The molecule has 0 amide bonds. The Morgan fingerprint density at radius 1 is 1.32 bits per heavy atom. The Bertz CT molecular complexity index is 810. The van der Waals surface area contributed by atoms with Crippen molar-refractivity contribution in [3.63, 3.8) is 0 Å². The van der Waals surface area contributed by atoms with Crippen LogP contribution in [0, 0.1) is 11.3 Å². The predicted octanol–water partition coefficient (Wildman–Crippen LogP) is 4.08. The van der Waals surface area contributed by atoms with Gasteiger partial charge in [-0.3, -0.25) is 4.79 Å². The molecule has 1 fully saturated rings. The van der Waals surface area contributed by atoms with Gasteiger partial charge in [-0.25, -0.2) is 4.98 Å². The minimum Gasteiger partial charge on any atom is -0.497 e. The molecule has 0 saturated heterocycles. The number of nitrogens with zero attached hydrogens (tertiary/aromatic N) is 2. The molecule has 1 heterocycles. The van der Waals surface area contributed by atoms with Crippen LogP contribution < -0.4 is 4.74 Å². The van der Waals surface area contributed by atoms with Gasteiger partial charge in [-0.15, -0.1) is 0 Å². The van der Waals surface area contributed by atoms with E-state index in [4.69, 9.17) is 9.47 Å². The molecular formula is C19H20N2O3S. The number of hydrogen-bond acceptors (Lipinski definition) is 6. The van der Waals surface area contributed by atoms with Crippen molar-refractivity contribution in [1.82, 2.24) is 4.98 Å². The highest BCUT2D eigenvalue weighted by atomic mass is 32.2. The lowest BCUT2D eigenvalue weighted by Crippen LogP contribution is -2.21. The summed E-state index contributed by atoms with van der Waals surface area (Å²) in [5.74, 6) is 0.624. The number of pyridine rings is 1. The molecule has 0 spiro atoms. The van der Waals surface area contributed by atoms with Gasteiger partial charge in [0.15, 0.2) is 0 Å². The average Bonchev–Trinajstić information content (AvgIpc) is 2.65. The van der Waals surface area contributed by atoms with E-state index in [1.807, 2.05) is 18.2 Å². The van der Waals surface area contributed by atoms with Gasteiger partial charge < -0.3 is 9.47 Å². The van der Waals surface area contributed by atoms with Gasteiger partial charge in [-0.1, -0.05) is 18.2 Å². The van der Waals surface area contributed by atoms with Crippen LogP contribution in [0.5, 0.6) is 5.75 Å². The van der Waals surface area contributed by atoms with E-state index >= 15 is 0 Å². The van der Waals surface area contributed by atoms with Gasteiger partial charge in [0.2, 0.25) is 0 Å². The monoisotopic (exact) mass is 356 g/mol. The van der Waals surface area contributed by atoms with E-state index in [1.165, 1.54) is 18.2 Å². The molecule has 130 valence electrons. The Labute approximate surface area is 151 Å². The van der Waals surface area contributed by atoms with Crippen LogP contribution in [0.25, 0.3) is 10.9 Å². The first-order valence-electron chi connectivity index (χ1n) is 8.41. The third-order valence-corrected chi connectivity index (χ3v) is 5.25. The van der Waals surface area contributed by atoms with Crippen LogP contribution >= 0.6 is 11.8 Å². The number of hydrogen-bond donors (Lipinski definition) is 0. The summed E-state index contributed by atoms with van der Waals surface area (Å²) in [5, 5.41) is 10.8. The molecule has 0 unspecified atom stereocenters. The van der Waals surface area contributed by atoms with Crippen molar-refractivity contribution in [2.24, 2.45) is 0 Å². The van der Waals surface area contributed by atoms with E-state index in [-0.39, 0.29) is 17.8 Å². The summed E-state index contributed by atoms with van der Waals surface area (Å²) in [6, 6.07) is 9.47. The van der Waals surface area contributed by atoms with Crippen molar-refractivity contribution >= 4 is 28.6 Å². The third kappa shape index (κ3) is 4.43. The summed E-state index contributed by atoms with van der Waals surface area (Å²) < 4.78 is 10.7. The summed E-state index contributed by atoms with van der Waals surface area (Å²) >= 11 is 1.25. The van der Waals surface area contributed by atoms with E-state index in [9.17, 15) is 10.1 Å². The van der Waals surface area contributed by atoms with Crippen LogP contribution in [0.3, 0.4) is 0 Å². The van der Waals surface area contributed by atoms with Crippen LogP contribution in [0.2, 0.25) is 0 Å². The minimum absolute atomic E-state index is 0.0473.